The maximum absolute atomic E-state index is 6.44. The summed E-state index contributed by atoms with van der Waals surface area (Å²) in [6, 6.07) is 2.32. The fourth-order valence-corrected chi connectivity index (χ4v) is 11.6. The smallest absolute Gasteiger partial charge is 0.176 e. The monoisotopic (exact) mass is 246 g/mol. The average molecular weight is 246 g/mol. The Hall–Kier alpha value is 0.314. The van der Waals surface area contributed by atoms with Crippen LogP contribution in [-0.4, -0.2) is 42.1 Å². The maximum Gasteiger partial charge on any atom is 0.176 e. The fourth-order valence-electron chi connectivity index (χ4n) is 2.30. The van der Waals surface area contributed by atoms with E-state index < -0.39 is 16.6 Å². The van der Waals surface area contributed by atoms with Crippen molar-refractivity contribution >= 4 is 16.6 Å². The van der Waals surface area contributed by atoms with Crippen LogP contribution in [0.3, 0.4) is 0 Å². The van der Waals surface area contributed by atoms with Gasteiger partial charge in [-0.25, -0.2) is 0 Å². The lowest BCUT2D eigenvalue weighted by Crippen LogP contribution is -2.45. The molecule has 2 saturated heterocycles. The van der Waals surface area contributed by atoms with Gasteiger partial charge >= 0.3 is 0 Å². The van der Waals surface area contributed by atoms with Gasteiger partial charge < -0.3 is 13.6 Å². The van der Waals surface area contributed by atoms with Gasteiger partial charge in [-0.1, -0.05) is 0 Å². The lowest BCUT2D eigenvalue weighted by Gasteiger charge is -2.33. The zero-order chi connectivity index (χ0) is 11.1. The SMILES string of the molecule is C[Si](C)(CC1CO1)O[Si](C)(C)CC1CO1. The second kappa shape index (κ2) is 3.96. The van der Waals surface area contributed by atoms with Crippen molar-refractivity contribution in [1.82, 2.24) is 0 Å². The minimum Gasteiger partial charge on any atom is -0.455 e. The molecule has 2 aliphatic heterocycles. The Labute approximate surface area is 94.4 Å². The third-order valence-electron chi connectivity index (χ3n) is 2.80. The molecule has 0 bridgehead atoms. The maximum atomic E-state index is 6.44. The summed E-state index contributed by atoms with van der Waals surface area (Å²) in [5, 5.41) is 0. The number of ether oxygens (including phenoxy) is 2. The minimum atomic E-state index is -1.50. The van der Waals surface area contributed by atoms with Crippen molar-refractivity contribution in [1.29, 1.82) is 0 Å². The molecule has 0 radical (unpaired) electrons. The largest absolute Gasteiger partial charge is 0.455 e. The number of hydrogen-bond donors (Lipinski definition) is 0. The number of epoxide rings is 2. The van der Waals surface area contributed by atoms with E-state index in [-0.39, 0.29) is 0 Å². The molecule has 0 spiro atoms. The molecule has 0 aromatic carbocycles. The molecule has 15 heavy (non-hydrogen) atoms. The molecule has 0 aliphatic carbocycles. The van der Waals surface area contributed by atoms with Crippen molar-refractivity contribution < 1.29 is 13.6 Å². The minimum absolute atomic E-state index is 0.508. The molecule has 88 valence electrons. The molecule has 0 saturated carbocycles. The topological polar surface area (TPSA) is 34.3 Å². The highest BCUT2D eigenvalue weighted by molar-refractivity contribution is 6.85. The van der Waals surface area contributed by atoms with Crippen LogP contribution in [0.4, 0.5) is 0 Å². The molecular formula is C10H22O3Si2. The van der Waals surface area contributed by atoms with E-state index in [4.69, 9.17) is 13.6 Å². The van der Waals surface area contributed by atoms with Crippen LogP contribution in [0.15, 0.2) is 0 Å². The standard InChI is InChI=1S/C10H22O3Si2/c1-14(2,7-9-5-11-9)13-15(3,4)8-10-6-12-10/h9-10H,5-8H2,1-4H3. The number of rotatable bonds is 6. The summed E-state index contributed by atoms with van der Waals surface area (Å²) in [5.74, 6) is 0. The number of hydrogen-bond acceptors (Lipinski definition) is 3. The van der Waals surface area contributed by atoms with Crippen LogP contribution in [0, 0.1) is 0 Å². The molecule has 0 N–H and O–H groups in total. The molecular weight excluding hydrogens is 224 g/mol. The van der Waals surface area contributed by atoms with Crippen molar-refractivity contribution in [2.45, 2.75) is 50.5 Å². The van der Waals surface area contributed by atoms with E-state index in [2.05, 4.69) is 26.2 Å². The summed E-state index contributed by atoms with van der Waals surface area (Å²) >= 11 is 0. The van der Waals surface area contributed by atoms with E-state index in [1.54, 1.807) is 0 Å². The molecule has 0 aromatic heterocycles. The molecule has 2 rings (SSSR count). The Morgan fingerprint density at radius 3 is 1.53 bits per heavy atom. The van der Waals surface area contributed by atoms with Gasteiger partial charge in [0.05, 0.1) is 25.4 Å². The molecule has 2 atom stereocenters. The van der Waals surface area contributed by atoms with Gasteiger partial charge in [-0.3, -0.25) is 0 Å². The zero-order valence-electron chi connectivity index (χ0n) is 10.2. The van der Waals surface area contributed by atoms with Gasteiger partial charge in [-0.2, -0.15) is 0 Å². The van der Waals surface area contributed by atoms with Crippen LogP contribution in [0.25, 0.3) is 0 Å². The van der Waals surface area contributed by atoms with Gasteiger partial charge in [0, 0.05) is 0 Å². The zero-order valence-corrected chi connectivity index (χ0v) is 12.2. The lowest BCUT2D eigenvalue weighted by atomic mass is 10.6. The Bertz CT molecular complexity index is 211. The first-order valence-electron chi connectivity index (χ1n) is 5.80. The normalized spacial score (nSPS) is 30.4. The second-order valence-corrected chi connectivity index (χ2v) is 14.6. The second-order valence-electron chi connectivity index (χ2n) is 5.94. The summed E-state index contributed by atoms with van der Waals surface area (Å²) in [4.78, 5) is 0. The van der Waals surface area contributed by atoms with Gasteiger partial charge in [0.25, 0.3) is 0 Å². The van der Waals surface area contributed by atoms with Gasteiger partial charge in [-0.15, -0.1) is 0 Å². The van der Waals surface area contributed by atoms with Crippen molar-refractivity contribution in [2.75, 3.05) is 13.2 Å². The van der Waals surface area contributed by atoms with Crippen LogP contribution < -0.4 is 0 Å². The van der Waals surface area contributed by atoms with Crippen molar-refractivity contribution in [3.05, 3.63) is 0 Å². The van der Waals surface area contributed by atoms with Gasteiger partial charge in [0.2, 0.25) is 0 Å². The van der Waals surface area contributed by atoms with Crippen LogP contribution in [-0.2, 0) is 13.6 Å². The van der Waals surface area contributed by atoms with E-state index >= 15 is 0 Å². The third kappa shape index (κ3) is 4.36. The van der Waals surface area contributed by atoms with Crippen LogP contribution >= 0.6 is 0 Å². The molecule has 0 aromatic rings. The molecule has 2 heterocycles. The summed E-state index contributed by atoms with van der Waals surface area (Å²) < 4.78 is 17.0. The molecule has 0 amide bonds. The molecule has 2 fully saturated rings. The van der Waals surface area contributed by atoms with Crippen LogP contribution in [0.2, 0.25) is 38.3 Å². The van der Waals surface area contributed by atoms with E-state index in [9.17, 15) is 0 Å². The summed E-state index contributed by atoms with van der Waals surface area (Å²) in [5.41, 5.74) is 0. The highest BCUT2D eigenvalue weighted by Crippen LogP contribution is 2.30. The first-order chi connectivity index (χ1) is 6.86. The van der Waals surface area contributed by atoms with Gasteiger partial charge in [0.15, 0.2) is 16.6 Å². The fraction of sp³-hybridized carbons (Fsp3) is 1.00. The third-order valence-corrected chi connectivity index (χ3v) is 10.1. The predicted molar refractivity (Wildman–Crippen MR) is 65.1 cm³/mol. The highest BCUT2D eigenvalue weighted by atomic mass is 28.4. The Morgan fingerprint density at radius 2 is 1.27 bits per heavy atom. The first-order valence-corrected chi connectivity index (χ1v) is 12.0. The highest BCUT2D eigenvalue weighted by Gasteiger charge is 2.41. The summed E-state index contributed by atoms with van der Waals surface area (Å²) in [6.07, 6.45) is 1.02. The average Bonchev–Trinajstić information content (AvgIpc) is 2.80. The van der Waals surface area contributed by atoms with Crippen LogP contribution in [0.5, 0.6) is 0 Å². The van der Waals surface area contributed by atoms with Crippen molar-refractivity contribution in [2.24, 2.45) is 0 Å². The predicted octanol–water partition coefficient (Wildman–Crippen LogP) is 2.21. The Kier molecular flexibility index (Phi) is 3.11. The van der Waals surface area contributed by atoms with E-state index in [1.165, 1.54) is 0 Å². The molecule has 2 unspecified atom stereocenters. The molecule has 3 nitrogen and oxygen atoms in total. The Balaban J connectivity index is 1.80. The summed E-state index contributed by atoms with van der Waals surface area (Å²) in [7, 11) is -2.99. The lowest BCUT2D eigenvalue weighted by molar-refractivity contribution is 0.405. The van der Waals surface area contributed by atoms with E-state index in [0.717, 1.165) is 25.3 Å². The van der Waals surface area contributed by atoms with Crippen molar-refractivity contribution in [3.63, 3.8) is 0 Å². The molecule has 2 aliphatic rings. The molecule has 5 heteroatoms. The quantitative estimate of drug-likeness (QED) is 0.532. The van der Waals surface area contributed by atoms with E-state index in [1.807, 2.05) is 0 Å². The van der Waals surface area contributed by atoms with Gasteiger partial charge in [-0.05, 0) is 38.3 Å². The van der Waals surface area contributed by atoms with Crippen molar-refractivity contribution in [3.8, 4) is 0 Å². The summed E-state index contributed by atoms with van der Waals surface area (Å²) in [6.45, 7) is 11.2. The Morgan fingerprint density at radius 1 is 0.933 bits per heavy atom. The van der Waals surface area contributed by atoms with E-state index in [0.29, 0.717) is 12.2 Å². The van der Waals surface area contributed by atoms with Crippen LogP contribution in [0.1, 0.15) is 0 Å². The first kappa shape index (κ1) is 11.8. The van der Waals surface area contributed by atoms with Gasteiger partial charge in [0.1, 0.15) is 0 Å².